The number of nitrogens with two attached hydrogens (primary N) is 1. The van der Waals surface area contributed by atoms with Crippen LogP contribution in [0.15, 0.2) is 18.2 Å². The van der Waals surface area contributed by atoms with Gasteiger partial charge in [0.15, 0.2) is 0 Å². The van der Waals surface area contributed by atoms with Gasteiger partial charge in [0.1, 0.15) is 5.82 Å². The van der Waals surface area contributed by atoms with Crippen LogP contribution < -0.4 is 20.1 Å². The van der Waals surface area contributed by atoms with Gasteiger partial charge >= 0.3 is 0 Å². The minimum absolute atomic E-state index is 0.129. The maximum absolute atomic E-state index is 5.88. The summed E-state index contributed by atoms with van der Waals surface area (Å²) in [5.74, 6) is 2.30. The smallest absolute Gasteiger partial charge is 0.222 e. The molecule has 0 amide bonds. The number of aromatic nitrogens is 3. The van der Waals surface area contributed by atoms with Gasteiger partial charge in [-0.3, -0.25) is 0 Å². The van der Waals surface area contributed by atoms with Crippen molar-refractivity contribution in [1.82, 2.24) is 15.0 Å². The third kappa shape index (κ3) is 3.75. The number of hydrogen-bond donors (Lipinski definition) is 1. The number of hydrogen-bond acceptors (Lipinski definition) is 7. The van der Waals surface area contributed by atoms with Gasteiger partial charge in [0, 0.05) is 29.9 Å². The van der Waals surface area contributed by atoms with E-state index in [4.69, 9.17) is 15.2 Å². The minimum atomic E-state index is 0.129. The molecule has 3 rings (SSSR count). The first-order valence-electron chi connectivity index (χ1n) is 8.59. The summed E-state index contributed by atoms with van der Waals surface area (Å²) in [6, 6.07) is 6.02. The van der Waals surface area contributed by atoms with Gasteiger partial charge in [0.05, 0.1) is 20.3 Å². The summed E-state index contributed by atoms with van der Waals surface area (Å²) in [5.41, 5.74) is 7.79. The van der Waals surface area contributed by atoms with Gasteiger partial charge in [0.25, 0.3) is 0 Å². The summed E-state index contributed by atoms with van der Waals surface area (Å²) in [5, 5.41) is 0. The average molecular weight is 343 g/mol. The maximum Gasteiger partial charge on any atom is 0.222 e. The Morgan fingerprint density at radius 1 is 1.08 bits per heavy atom. The van der Waals surface area contributed by atoms with Gasteiger partial charge in [-0.1, -0.05) is 12.8 Å². The van der Waals surface area contributed by atoms with Crippen molar-refractivity contribution < 1.29 is 9.47 Å². The molecule has 1 aliphatic rings. The van der Waals surface area contributed by atoms with E-state index in [0.717, 1.165) is 42.9 Å². The third-order valence-corrected chi connectivity index (χ3v) is 4.53. The number of pyridine rings is 1. The fourth-order valence-corrected chi connectivity index (χ4v) is 3.39. The molecule has 7 heteroatoms. The quantitative estimate of drug-likeness (QED) is 0.913. The second-order valence-electron chi connectivity index (χ2n) is 6.24. The topological polar surface area (TPSA) is 86.4 Å². The van der Waals surface area contributed by atoms with Gasteiger partial charge in [-0.05, 0) is 25.8 Å². The van der Waals surface area contributed by atoms with Gasteiger partial charge < -0.3 is 20.1 Å². The van der Waals surface area contributed by atoms with Gasteiger partial charge in [-0.25, -0.2) is 4.98 Å². The Kier molecular flexibility index (Phi) is 5.21. The molecule has 134 valence electrons. The van der Waals surface area contributed by atoms with Gasteiger partial charge in [-0.15, -0.1) is 0 Å². The fraction of sp³-hybridized carbons (Fsp3) is 0.500. The largest absolute Gasteiger partial charge is 0.481 e. The van der Waals surface area contributed by atoms with Crippen LogP contribution in [0.5, 0.6) is 11.8 Å². The molecule has 0 aromatic carbocycles. The maximum atomic E-state index is 5.88. The molecule has 1 atom stereocenters. The lowest BCUT2D eigenvalue weighted by Crippen LogP contribution is -2.30. The Hall–Kier alpha value is -2.57. The second kappa shape index (κ2) is 7.55. The lowest BCUT2D eigenvalue weighted by molar-refractivity contribution is 0.357. The summed E-state index contributed by atoms with van der Waals surface area (Å²) >= 11 is 0. The Bertz CT molecular complexity index is 717. The summed E-state index contributed by atoms with van der Waals surface area (Å²) in [4.78, 5) is 15.4. The first-order chi connectivity index (χ1) is 12.1. The van der Waals surface area contributed by atoms with Crippen molar-refractivity contribution in [2.75, 3.05) is 31.4 Å². The molecule has 3 heterocycles. The molecule has 1 aliphatic heterocycles. The number of nitrogens with zero attached hydrogens (tertiary/aromatic N) is 4. The van der Waals surface area contributed by atoms with E-state index in [9.17, 15) is 0 Å². The van der Waals surface area contributed by atoms with Crippen molar-refractivity contribution in [3.8, 4) is 11.8 Å². The summed E-state index contributed by atoms with van der Waals surface area (Å²) in [6.45, 7) is 2.85. The van der Waals surface area contributed by atoms with Crippen molar-refractivity contribution in [3.63, 3.8) is 0 Å². The van der Waals surface area contributed by atoms with Crippen LogP contribution in [0.4, 0.5) is 11.8 Å². The molecule has 1 fully saturated rings. The Labute approximate surface area is 148 Å². The van der Waals surface area contributed by atoms with E-state index in [1.54, 1.807) is 14.2 Å². The van der Waals surface area contributed by atoms with Crippen LogP contribution in [0, 0.1) is 6.92 Å². The molecule has 0 bridgehead atoms. The SMILES string of the molecule is COc1ccc(C2CCCCCN2c2cc(C)nc(N)n2)c(OC)n1. The molecular formula is C18H25N5O2. The van der Waals surface area contributed by atoms with E-state index in [1.807, 2.05) is 25.1 Å². The molecule has 2 aromatic rings. The van der Waals surface area contributed by atoms with Crippen molar-refractivity contribution in [2.45, 2.75) is 38.6 Å². The molecule has 0 aliphatic carbocycles. The van der Waals surface area contributed by atoms with Crippen LogP contribution in [0.1, 0.15) is 43.0 Å². The van der Waals surface area contributed by atoms with Crippen LogP contribution in [-0.4, -0.2) is 35.7 Å². The lowest BCUT2D eigenvalue weighted by Gasteiger charge is -2.32. The van der Waals surface area contributed by atoms with Crippen LogP contribution in [0.25, 0.3) is 0 Å². The molecule has 7 nitrogen and oxygen atoms in total. The molecule has 0 radical (unpaired) electrons. The van der Waals surface area contributed by atoms with E-state index in [2.05, 4.69) is 19.9 Å². The third-order valence-electron chi connectivity index (χ3n) is 4.53. The van der Waals surface area contributed by atoms with Crippen LogP contribution in [0.3, 0.4) is 0 Å². The monoisotopic (exact) mass is 343 g/mol. The highest BCUT2D eigenvalue weighted by Crippen LogP contribution is 2.37. The van der Waals surface area contributed by atoms with Gasteiger partial charge in [-0.2, -0.15) is 9.97 Å². The van der Waals surface area contributed by atoms with Gasteiger partial charge in [0.2, 0.25) is 17.7 Å². The molecule has 1 saturated heterocycles. The van der Waals surface area contributed by atoms with E-state index >= 15 is 0 Å². The highest BCUT2D eigenvalue weighted by molar-refractivity contribution is 5.48. The zero-order chi connectivity index (χ0) is 17.8. The standard InChI is InChI=1S/C18H25N5O2/c1-12-11-15(21-18(19)20-12)23-10-6-4-5-7-14(23)13-8-9-16(24-2)22-17(13)25-3/h8-9,11,14H,4-7,10H2,1-3H3,(H2,19,20,21). The first kappa shape index (κ1) is 17.3. The summed E-state index contributed by atoms with van der Waals surface area (Å²) < 4.78 is 10.8. The first-order valence-corrected chi connectivity index (χ1v) is 8.59. The van der Waals surface area contributed by atoms with E-state index in [-0.39, 0.29) is 6.04 Å². The molecule has 2 N–H and O–H groups in total. The van der Waals surface area contributed by atoms with Crippen LogP contribution >= 0.6 is 0 Å². The Balaban J connectivity index is 2.04. The molecule has 0 saturated carbocycles. The summed E-state index contributed by atoms with van der Waals surface area (Å²) in [7, 11) is 3.24. The normalized spacial score (nSPS) is 17.9. The number of nitrogen functional groups attached to an aromatic ring is 1. The van der Waals surface area contributed by atoms with Crippen LogP contribution in [0.2, 0.25) is 0 Å². The highest BCUT2D eigenvalue weighted by Gasteiger charge is 2.27. The zero-order valence-corrected chi connectivity index (χ0v) is 15.0. The fourth-order valence-electron chi connectivity index (χ4n) is 3.39. The van der Waals surface area contributed by atoms with E-state index in [1.165, 1.54) is 6.42 Å². The number of methoxy groups -OCH3 is 2. The van der Waals surface area contributed by atoms with Crippen molar-refractivity contribution in [2.24, 2.45) is 0 Å². The number of ether oxygens (including phenoxy) is 2. The predicted octanol–water partition coefficient (Wildman–Crippen LogP) is 2.90. The van der Waals surface area contributed by atoms with E-state index < -0.39 is 0 Å². The second-order valence-corrected chi connectivity index (χ2v) is 6.24. The molecule has 2 aromatic heterocycles. The minimum Gasteiger partial charge on any atom is -0.481 e. The van der Waals surface area contributed by atoms with Crippen molar-refractivity contribution in [1.29, 1.82) is 0 Å². The number of aryl methyl sites for hydroxylation is 1. The van der Waals surface area contributed by atoms with Crippen LogP contribution in [-0.2, 0) is 0 Å². The molecule has 25 heavy (non-hydrogen) atoms. The summed E-state index contributed by atoms with van der Waals surface area (Å²) in [6.07, 6.45) is 4.47. The number of rotatable bonds is 4. The molecule has 1 unspecified atom stereocenters. The molecule has 0 spiro atoms. The molecular weight excluding hydrogens is 318 g/mol. The highest BCUT2D eigenvalue weighted by atomic mass is 16.5. The Morgan fingerprint density at radius 3 is 2.64 bits per heavy atom. The number of anilines is 2. The lowest BCUT2D eigenvalue weighted by atomic mass is 10.0. The zero-order valence-electron chi connectivity index (χ0n) is 15.0. The average Bonchev–Trinajstić information content (AvgIpc) is 2.86. The predicted molar refractivity (Wildman–Crippen MR) is 97.1 cm³/mol. The van der Waals surface area contributed by atoms with Crippen molar-refractivity contribution in [3.05, 3.63) is 29.5 Å². The van der Waals surface area contributed by atoms with E-state index in [0.29, 0.717) is 17.7 Å². The van der Waals surface area contributed by atoms with Crippen molar-refractivity contribution >= 4 is 11.8 Å². The Morgan fingerprint density at radius 2 is 1.92 bits per heavy atom.